The minimum atomic E-state index is -0.393. The van der Waals surface area contributed by atoms with Crippen LogP contribution in [0.1, 0.15) is 16.7 Å². The minimum absolute atomic E-state index is 0.0802. The molecule has 20 heavy (non-hydrogen) atoms. The highest BCUT2D eigenvalue weighted by molar-refractivity contribution is 9.10. The highest BCUT2D eigenvalue weighted by Crippen LogP contribution is 2.27. The van der Waals surface area contributed by atoms with Crippen LogP contribution in [0.3, 0.4) is 0 Å². The van der Waals surface area contributed by atoms with Crippen molar-refractivity contribution >= 4 is 27.3 Å². The molecule has 0 atom stereocenters. The average molecular weight is 335 g/mol. The minimum Gasteiger partial charge on any atom is -0.380 e. The largest absolute Gasteiger partial charge is 0.380 e. The molecule has 0 aromatic heterocycles. The van der Waals surface area contributed by atoms with Gasteiger partial charge in [0.1, 0.15) is 0 Å². The van der Waals surface area contributed by atoms with E-state index in [4.69, 9.17) is 0 Å². The quantitative estimate of drug-likeness (QED) is 0.657. The van der Waals surface area contributed by atoms with Crippen molar-refractivity contribution in [2.24, 2.45) is 0 Å². The van der Waals surface area contributed by atoms with Crippen molar-refractivity contribution in [3.8, 4) is 0 Å². The SMILES string of the molecule is Cc1ccc(C)c(CNc2cc([N+](=O)[O-])ccc2Br)c1. The van der Waals surface area contributed by atoms with E-state index >= 15 is 0 Å². The van der Waals surface area contributed by atoms with Crippen LogP contribution in [0.5, 0.6) is 0 Å². The lowest BCUT2D eigenvalue weighted by molar-refractivity contribution is -0.384. The summed E-state index contributed by atoms with van der Waals surface area (Å²) in [6, 6.07) is 11.0. The molecule has 5 heteroatoms. The molecule has 0 aliphatic heterocycles. The van der Waals surface area contributed by atoms with Crippen molar-refractivity contribution in [3.63, 3.8) is 0 Å². The molecule has 0 heterocycles. The second-order valence-corrected chi connectivity index (χ2v) is 5.56. The van der Waals surface area contributed by atoms with Crippen LogP contribution in [-0.2, 0) is 6.54 Å². The third kappa shape index (κ3) is 3.36. The lowest BCUT2D eigenvalue weighted by atomic mass is 10.1. The predicted molar refractivity (Wildman–Crippen MR) is 84.0 cm³/mol. The Morgan fingerprint density at radius 3 is 2.65 bits per heavy atom. The molecule has 0 aliphatic rings. The predicted octanol–water partition coefficient (Wildman–Crippen LogP) is 4.59. The van der Waals surface area contributed by atoms with Crippen molar-refractivity contribution in [1.29, 1.82) is 0 Å². The molecule has 1 N–H and O–H groups in total. The number of nitrogens with zero attached hydrogens (tertiary/aromatic N) is 1. The maximum Gasteiger partial charge on any atom is 0.271 e. The van der Waals surface area contributed by atoms with Crippen LogP contribution >= 0.6 is 15.9 Å². The van der Waals surface area contributed by atoms with Gasteiger partial charge in [0.15, 0.2) is 0 Å². The molecule has 2 rings (SSSR count). The number of anilines is 1. The van der Waals surface area contributed by atoms with E-state index in [0.717, 1.165) is 10.2 Å². The van der Waals surface area contributed by atoms with Crippen LogP contribution in [0.25, 0.3) is 0 Å². The van der Waals surface area contributed by atoms with E-state index in [1.54, 1.807) is 6.07 Å². The molecule has 0 fully saturated rings. The summed E-state index contributed by atoms with van der Waals surface area (Å²) in [7, 11) is 0. The first-order valence-electron chi connectivity index (χ1n) is 6.21. The maximum atomic E-state index is 10.8. The normalized spacial score (nSPS) is 10.3. The summed E-state index contributed by atoms with van der Waals surface area (Å²) < 4.78 is 0.813. The molecule has 104 valence electrons. The number of rotatable bonds is 4. The van der Waals surface area contributed by atoms with E-state index in [0.29, 0.717) is 6.54 Å². The lowest BCUT2D eigenvalue weighted by Crippen LogP contribution is -2.03. The van der Waals surface area contributed by atoms with Gasteiger partial charge < -0.3 is 5.32 Å². The highest BCUT2D eigenvalue weighted by Gasteiger charge is 2.09. The Bertz CT molecular complexity index is 656. The molecule has 0 saturated carbocycles. The van der Waals surface area contributed by atoms with Gasteiger partial charge in [-0.2, -0.15) is 0 Å². The molecule has 0 unspecified atom stereocenters. The Morgan fingerprint density at radius 2 is 1.95 bits per heavy atom. The lowest BCUT2D eigenvalue weighted by Gasteiger charge is -2.11. The molecule has 0 saturated heterocycles. The van der Waals surface area contributed by atoms with E-state index in [2.05, 4.69) is 46.4 Å². The molecule has 0 amide bonds. The van der Waals surface area contributed by atoms with Gasteiger partial charge in [0, 0.05) is 23.2 Å². The van der Waals surface area contributed by atoms with Gasteiger partial charge in [-0.3, -0.25) is 10.1 Å². The van der Waals surface area contributed by atoms with Gasteiger partial charge in [0.25, 0.3) is 5.69 Å². The summed E-state index contributed by atoms with van der Waals surface area (Å²) in [5.41, 5.74) is 4.38. The topological polar surface area (TPSA) is 55.2 Å². The number of benzene rings is 2. The van der Waals surface area contributed by atoms with E-state index in [-0.39, 0.29) is 5.69 Å². The van der Waals surface area contributed by atoms with Crippen LogP contribution in [0.15, 0.2) is 40.9 Å². The third-order valence-electron chi connectivity index (χ3n) is 3.13. The van der Waals surface area contributed by atoms with Crippen molar-refractivity contribution in [2.45, 2.75) is 20.4 Å². The number of hydrogen-bond donors (Lipinski definition) is 1. The highest BCUT2D eigenvalue weighted by atomic mass is 79.9. The zero-order chi connectivity index (χ0) is 14.7. The Hall–Kier alpha value is -1.88. The molecule has 2 aromatic rings. The Labute approximate surface area is 126 Å². The van der Waals surface area contributed by atoms with Crippen LogP contribution in [-0.4, -0.2) is 4.92 Å². The van der Waals surface area contributed by atoms with E-state index in [1.807, 2.05) is 6.92 Å². The smallest absolute Gasteiger partial charge is 0.271 e. The second-order valence-electron chi connectivity index (χ2n) is 4.70. The first-order valence-corrected chi connectivity index (χ1v) is 7.00. The summed E-state index contributed by atoms with van der Waals surface area (Å²) in [6.07, 6.45) is 0. The molecular formula is C15H15BrN2O2. The fraction of sp³-hybridized carbons (Fsp3) is 0.200. The van der Waals surface area contributed by atoms with Crippen LogP contribution in [0.4, 0.5) is 11.4 Å². The van der Waals surface area contributed by atoms with Crippen LogP contribution in [0, 0.1) is 24.0 Å². The summed E-state index contributed by atoms with van der Waals surface area (Å²) in [5.74, 6) is 0. The molecule has 4 nitrogen and oxygen atoms in total. The average Bonchev–Trinajstić information content (AvgIpc) is 2.41. The molecule has 2 aromatic carbocycles. The molecule has 0 aliphatic carbocycles. The van der Waals surface area contributed by atoms with Crippen LogP contribution in [0.2, 0.25) is 0 Å². The standard InChI is InChI=1S/C15H15BrN2O2/c1-10-3-4-11(2)12(7-10)9-17-15-8-13(18(19)20)5-6-14(15)16/h3-8,17H,9H2,1-2H3. The van der Waals surface area contributed by atoms with Crippen molar-refractivity contribution in [2.75, 3.05) is 5.32 Å². The summed E-state index contributed by atoms with van der Waals surface area (Å²) in [6.45, 7) is 4.73. The van der Waals surface area contributed by atoms with Gasteiger partial charge in [0.05, 0.1) is 10.6 Å². The molecule has 0 spiro atoms. The third-order valence-corrected chi connectivity index (χ3v) is 3.83. The van der Waals surface area contributed by atoms with Crippen molar-refractivity contribution < 1.29 is 4.92 Å². The van der Waals surface area contributed by atoms with Gasteiger partial charge in [0.2, 0.25) is 0 Å². The molecule has 0 bridgehead atoms. The zero-order valence-electron chi connectivity index (χ0n) is 11.3. The van der Waals surface area contributed by atoms with E-state index in [1.165, 1.54) is 28.8 Å². The summed E-state index contributed by atoms with van der Waals surface area (Å²) in [5, 5.41) is 14.0. The fourth-order valence-electron chi connectivity index (χ4n) is 1.94. The van der Waals surface area contributed by atoms with Crippen molar-refractivity contribution in [3.05, 3.63) is 67.7 Å². The Balaban J connectivity index is 2.20. The summed E-state index contributed by atoms with van der Waals surface area (Å²) in [4.78, 5) is 10.4. The van der Waals surface area contributed by atoms with Gasteiger partial charge in [-0.1, -0.05) is 23.8 Å². The number of non-ortho nitro benzene ring substituents is 1. The van der Waals surface area contributed by atoms with Gasteiger partial charge >= 0.3 is 0 Å². The number of nitro benzene ring substituents is 1. The number of halogens is 1. The first-order chi connectivity index (χ1) is 9.47. The van der Waals surface area contributed by atoms with Gasteiger partial charge in [-0.15, -0.1) is 0 Å². The van der Waals surface area contributed by atoms with Gasteiger partial charge in [-0.05, 0) is 47.0 Å². The number of nitro groups is 1. The molecular weight excluding hydrogens is 320 g/mol. The summed E-state index contributed by atoms with van der Waals surface area (Å²) >= 11 is 3.40. The Morgan fingerprint density at radius 1 is 1.20 bits per heavy atom. The van der Waals surface area contributed by atoms with Gasteiger partial charge in [-0.25, -0.2) is 0 Å². The fourth-order valence-corrected chi connectivity index (χ4v) is 2.33. The zero-order valence-corrected chi connectivity index (χ0v) is 12.9. The monoisotopic (exact) mass is 334 g/mol. The number of nitrogens with one attached hydrogen (secondary N) is 1. The second kappa shape index (κ2) is 6.05. The number of hydrogen-bond acceptors (Lipinski definition) is 3. The molecule has 0 radical (unpaired) electrons. The maximum absolute atomic E-state index is 10.8. The Kier molecular flexibility index (Phi) is 4.39. The van der Waals surface area contributed by atoms with Crippen molar-refractivity contribution in [1.82, 2.24) is 0 Å². The van der Waals surface area contributed by atoms with E-state index in [9.17, 15) is 10.1 Å². The van der Waals surface area contributed by atoms with E-state index < -0.39 is 4.92 Å². The van der Waals surface area contributed by atoms with Crippen LogP contribution < -0.4 is 5.32 Å². The first kappa shape index (κ1) is 14.5. The number of aryl methyl sites for hydroxylation is 2.